The highest BCUT2D eigenvalue weighted by Gasteiger charge is 2.20. The summed E-state index contributed by atoms with van der Waals surface area (Å²) in [6.07, 6.45) is 0. The van der Waals surface area contributed by atoms with Gasteiger partial charge in [0.1, 0.15) is 4.88 Å². The van der Waals surface area contributed by atoms with Crippen LogP contribution in [0.2, 0.25) is 5.02 Å². The third-order valence-electron chi connectivity index (χ3n) is 3.03. The van der Waals surface area contributed by atoms with Gasteiger partial charge < -0.3 is 10.1 Å². The molecule has 0 atom stereocenters. The molecule has 1 heterocycles. The van der Waals surface area contributed by atoms with E-state index in [4.69, 9.17) is 16.3 Å². The van der Waals surface area contributed by atoms with Crippen LogP contribution in [-0.2, 0) is 4.74 Å². The lowest BCUT2D eigenvalue weighted by Crippen LogP contribution is -2.16. The zero-order valence-corrected chi connectivity index (χ0v) is 13.4. The Hall–Kier alpha value is -1.85. The van der Waals surface area contributed by atoms with E-state index in [1.54, 1.807) is 23.6 Å². The molecule has 0 saturated heterocycles. The summed E-state index contributed by atoms with van der Waals surface area (Å²) in [5.41, 5.74) is 2.58. The fourth-order valence-electron chi connectivity index (χ4n) is 1.86. The van der Waals surface area contributed by atoms with Gasteiger partial charge in [-0.1, -0.05) is 17.7 Å². The number of hydrogen-bond acceptors (Lipinski definition) is 4. The number of ether oxygens (including phenoxy) is 1. The first kappa shape index (κ1) is 15.5. The fraction of sp³-hybridized carbons (Fsp3) is 0.200. The Morgan fingerprint density at radius 1 is 1.24 bits per heavy atom. The maximum Gasteiger partial charge on any atom is 0.350 e. The van der Waals surface area contributed by atoms with E-state index in [0.29, 0.717) is 21.2 Å². The molecule has 0 aliphatic rings. The molecule has 1 N–H and O–H groups in total. The molecular weight excluding hydrogens is 310 g/mol. The molecule has 6 heteroatoms. The van der Waals surface area contributed by atoms with Gasteiger partial charge in [-0.05, 0) is 42.5 Å². The van der Waals surface area contributed by atoms with Gasteiger partial charge in [0.2, 0.25) is 0 Å². The lowest BCUT2D eigenvalue weighted by Gasteiger charge is -2.09. The summed E-state index contributed by atoms with van der Waals surface area (Å²) < 4.78 is 4.72. The van der Waals surface area contributed by atoms with Gasteiger partial charge in [-0.2, -0.15) is 0 Å². The molecule has 1 aromatic carbocycles. The molecule has 0 radical (unpaired) electrons. The summed E-state index contributed by atoms with van der Waals surface area (Å²) in [5, 5.41) is 5.06. The largest absolute Gasteiger partial charge is 0.465 e. The molecule has 21 heavy (non-hydrogen) atoms. The quantitative estimate of drug-likeness (QED) is 0.867. The summed E-state index contributed by atoms with van der Waals surface area (Å²) in [7, 11) is 1.31. The number of aryl methyl sites for hydroxylation is 2. The number of rotatable bonds is 3. The van der Waals surface area contributed by atoms with Crippen molar-refractivity contribution >= 4 is 40.5 Å². The van der Waals surface area contributed by atoms with Gasteiger partial charge in [0, 0.05) is 10.6 Å². The topological polar surface area (TPSA) is 55.4 Å². The Balaban J connectivity index is 2.34. The maximum atomic E-state index is 12.4. The summed E-state index contributed by atoms with van der Waals surface area (Å²) in [5.74, 6) is -0.770. The third kappa shape index (κ3) is 3.25. The van der Waals surface area contributed by atoms with Crippen LogP contribution in [0.15, 0.2) is 23.6 Å². The van der Waals surface area contributed by atoms with Crippen molar-refractivity contribution in [3.63, 3.8) is 0 Å². The minimum absolute atomic E-state index is 0.304. The van der Waals surface area contributed by atoms with Gasteiger partial charge in [0.15, 0.2) is 0 Å². The Morgan fingerprint density at radius 2 is 1.95 bits per heavy atom. The number of halogens is 1. The van der Waals surface area contributed by atoms with E-state index in [0.717, 1.165) is 11.1 Å². The number of benzene rings is 1. The molecule has 0 fully saturated rings. The van der Waals surface area contributed by atoms with Gasteiger partial charge in [-0.15, -0.1) is 11.3 Å². The van der Waals surface area contributed by atoms with Crippen molar-refractivity contribution in [3.05, 3.63) is 50.2 Å². The third-order valence-corrected chi connectivity index (χ3v) is 4.34. The van der Waals surface area contributed by atoms with Crippen LogP contribution in [0, 0.1) is 13.8 Å². The van der Waals surface area contributed by atoms with E-state index in [1.807, 2.05) is 13.8 Å². The normalized spacial score (nSPS) is 10.3. The van der Waals surface area contributed by atoms with Gasteiger partial charge in [-0.3, -0.25) is 4.79 Å². The number of esters is 1. The monoisotopic (exact) mass is 323 g/mol. The molecule has 0 bridgehead atoms. The standard InChI is InChI=1S/C15H14ClNO3S/c1-8-4-5-10(16)6-11(8)14(18)17-12-9(2)7-21-13(12)15(19)20-3/h4-7H,1-3H3,(H,17,18). The number of carbonyl (C=O) groups is 2. The molecule has 2 rings (SSSR count). The van der Waals surface area contributed by atoms with Gasteiger partial charge >= 0.3 is 5.97 Å². The van der Waals surface area contributed by atoms with Crippen molar-refractivity contribution < 1.29 is 14.3 Å². The Kier molecular flexibility index (Phi) is 4.65. The van der Waals surface area contributed by atoms with E-state index in [9.17, 15) is 9.59 Å². The average molecular weight is 324 g/mol. The van der Waals surface area contributed by atoms with Crippen molar-refractivity contribution in [1.82, 2.24) is 0 Å². The highest BCUT2D eigenvalue weighted by Crippen LogP contribution is 2.29. The molecule has 1 amide bonds. The smallest absolute Gasteiger partial charge is 0.350 e. The molecule has 0 spiro atoms. The molecular formula is C15H14ClNO3S. The summed E-state index contributed by atoms with van der Waals surface area (Å²) in [6.45, 7) is 3.65. The van der Waals surface area contributed by atoms with Gasteiger partial charge in [-0.25, -0.2) is 4.79 Å². The van der Waals surface area contributed by atoms with Crippen LogP contribution in [0.5, 0.6) is 0 Å². The second-order valence-electron chi connectivity index (χ2n) is 4.53. The number of methoxy groups -OCH3 is 1. The van der Waals surface area contributed by atoms with Crippen LogP contribution in [0.1, 0.15) is 31.2 Å². The second-order valence-corrected chi connectivity index (χ2v) is 5.84. The lowest BCUT2D eigenvalue weighted by molar-refractivity contribution is 0.0607. The molecule has 110 valence electrons. The summed E-state index contributed by atoms with van der Waals surface area (Å²) in [6, 6.07) is 5.11. The fourth-order valence-corrected chi connectivity index (χ4v) is 2.96. The van der Waals surface area contributed by atoms with Gasteiger partial charge in [0.05, 0.1) is 12.8 Å². The molecule has 0 aliphatic carbocycles. The van der Waals surface area contributed by atoms with Crippen LogP contribution in [0.4, 0.5) is 5.69 Å². The van der Waals surface area contributed by atoms with Crippen LogP contribution < -0.4 is 5.32 Å². The van der Waals surface area contributed by atoms with Crippen molar-refractivity contribution in [2.75, 3.05) is 12.4 Å². The molecule has 0 aliphatic heterocycles. The zero-order valence-electron chi connectivity index (χ0n) is 11.8. The molecule has 4 nitrogen and oxygen atoms in total. The molecule has 0 saturated carbocycles. The molecule has 1 aromatic heterocycles. The highest BCUT2D eigenvalue weighted by molar-refractivity contribution is 7.12. The van der Waals surface area contributed by atoms with E-state index >= 15 is 0 Å². The number of hydrogen-bond donors (Lipinski definition) is 1. The number of nitrogens with one attached hydrogen (secondary N) is 1. The average Bonchev–Trinajstić information content (AvgIpc) is 2.82. The number of thiophene rings is 1. The van der Waals surface area contributed by atoms with Crippen molar-refractivity contribution in [2.24, 2.45) is 0 Å². The first-order valence-electron chi connectivity index (χ1n) is 6.18. The Bertz CT molecular complexity index is 709. The second kappa shape index (κ2) is 6.28. The highest BCUT2D eigenvalue weighted by atomic mass is 35.5. The van der Waals surface area contributed by atoms with Crippen molar-refractivity contribution in [3.8, 4) is 0 Å². The maximum absolute atomic E-state index is 12.4. The van der Waals surface area contributed by atoms with E-state index in [-0.39, 0.29) is 5.91 Å². The summed E-state index contributed by atoms with van der Waals surface area (Å²) in [4.78, 5) is 24.5. The van der Waals surface area contributed by atoms with Crippen molar-refractivity contribution in [1.29, 1.82) is 0 Å². The van der Waals surface area contributed by atoms with E-state index in [1.165, 1.54) is 18.4 Å². The van der Waals surface area contributed by atoms with Crippen LogP contribution in [-0.4, -0.2) is 19.0 Å². The predicted octanol–water partition coefficient (Wildman–Crippen LogP) is 4.06. The predicted molar refractivity (Wildman–Crippen MR) is 84.5 cm³/mol. The first-order chi connectivity index (χ1) is 9.93. The van der Waals surface area contributed by atoms with Gasteiger partial charge in [0.25, 0.3) is 5.91 Å². The first-order valence-corrected chi connectivity index (χ1v) is 7.43. The van der Waals surface area contributed by atoms with Crippen LogP contribution in [0.3, 0.4) is 0 Å². The molecule has 0 unspecified atom stereocenters. The number of carbonyl (C=O) groups excluding carboxylic acids is 2. The SMILES string of the molecule is COC(=O)c1scc(C)c1NC(=O)c1cc(Cl)ccc1C. The Labute approximate surface area is 131 Å². The summed E-state index contributed by atoms with van der Waals surface area (Å²) >= 11 is 7.16. The number of amides is 1. The Morgan fingerprint density at radius 3 is 2.62 bits per heavy atom. The minimum atomic E-state index is -0.466. The van der Waals surface area contributed by atoms with Crippen LogP contribution in [0.25, 0.3) is 0 Å². The van der Waals surface area contributed by atoms with Crippen LogP contribution >= 0.6 is 22.9 Å². The minimum Gasteiger partial charge on any atom is -0.465 e. The van der Waals surface area contributed by atoms with E-state index < -0.39 is 5.97 Å². The lowest BCUT2D eigenvalue weighted by atomic mass is 10.1. The number of anilines is 1. The molecule has 2 aromatic rings. The van der Waals surface area contributed by atoms with Crippen molar-refractivity contribution in [2.45, 2.75) is 13.8 Å². The zero-order chi connectivity index (χ0) is 15.6. The van der Waals surface area contributed by atoms with E-state index in [2.05, 4.69) is 5.32 Å².